The van der Waals surface area contributed by atoms with Crippen molar-refractivity contribution in [2.75, 3.05) is 13.2 Å². The lowest BCUT2D eigenvalue weighted by Crippen LogP contribution is -2.38. The smallest absolute Gasteiger partial charge is 0.272 e. The zero-order valence-electron chi connectivity index (χ0n) is 10.5. The Morgan fingerprint density at radius 1 is 1.50 bits per heavy atom. The summed E-state index contributed by atoms with van der Waals surface area (Å²) < 4.78 is 5.68. The van der Waals surface area contributed by atoms with Crippen molar-refractivity contribution in [1.82, 2.24) is 5.32 Å². The van der Waals surface area contributed by atoms with Gasteiger partial charge in [0.05, 0.1) is 4.92 Å². The SMILES string of the molecule is Cc1cc(OCC2CCCCN2)ccc1[N+](=O)[O-]. The van der Waals surface area contributed by atoms with Gasteiger partial charge in [-0.1, -0.05) is 6.42 Å². The predicted molar refractivity (Wildman–Crippen MR) is 69.0 cm³/mol. The summed E-state index contributed by atoms with van der Waals surface area (Å²) in [5.41, 5.74) is 0.771. The number of hydrogen-bond donors (Lipinski definition) is 1. The second-order valence-electron chi connectivity index (χ2n) is 4.66. The molecule has 0 aromatic heterocycles. The Balaban J connectivity index is 1.93. The van der Waals surface area contributed by atoms with Crippen LogP contribution in [0.4, 0.5) is 5.69 Å². The maximum absolute atomic E-state index is 10.7. The molecule has 1 aliphatic rings. The Morgan fingerprint density at radius 3 is 2.94 bits per heavy atom. The van der Waals surface area contributed by atoms with Gasteiger partial charge in [0, 0.05) is 17.7 Å². The van der Waals surface area contributed by atoms with Crippen molar-refractivity contribution in [3.63, 3.8) is 0 Å². The number of rotatable bonds is 4. The second-order valence-corrected chi connectivity index (χ2v) is 4.66. The zero-order valence-corrected chi connectivity index (χ0v) is 10.5. The van der Waals surface area contributed by atoms with E-state index < -0.39 is 0 Å². The summed E-state index contributed by atoms with van der Waals surface area (Å²) in [7, 11) is 0. The van der Waals surface area contributed by atoms with Crippen LogP contribution >= 0.6 is 0 Å². The van der Waals surface area contributed by atoms with Crippen molar-refractivity contribution in [1.29, 1.82) is 0 Å². The number of hydrogen-bond acceptors (Lipinski definition) is 4. The van der Waals surface area contributed by atoms with Gasteiger partial charge in [0.15, 0.2) is 0 Å². The minimum Gasteiger partial charge on any atom is -0.492 e. The minimum atomic E-state index is -0.373. The lowest BCUT2D eigenvalue weighted by molar-refractivity contribution is -0.385. The molecule has 18 heavy (non-hydrogen) atoms. The molecule has 1 fully saturated rings. The number of nitrogens with one attached hydrogen (secondary N) is 1. The Labute approximate surface area is 106 Å². The molecule has 0 amide bonds. The maximum Gasteiger partial charge on any atom is 0.272 e. The van der Waals surface area contributed by atoms with Gasteiger partial charge in [0.25, 0.3) is 5.69 Å². The number of nitrogens with zero attached hydrogens (tertiary/aromatic N) is 1. The van der Waals surface area contributed by atoms with Crippen molar-refractivity contribution in [3.05, 3.63) is 33.9 Å². The molecule has 98 valence electrons. The fourth-order valence-corrected chi connectivity index (χ4v) is 2.19. The molecule has 1 aromatic rings. The molecule has 5 heteroatoms. The number of piperidine rings is 1. The van der Waals surface area contributed by atoms with Crippen LogP contribution in [0.3, 0.4) is 0 Å². The monoisotopic (exact) mass is 250 g/mol. The molecule has 1 N–H and O–H groups in total. The Hall–Kier alpha value is -1.62. The molecular weight excluding hydrogens is 232 g/mol. The van der Waals surface area contributed by atoms with Crippen LogP contribution in [0, 0.1) is 17.0 Å². The Morgan fingerprint density at radius 2 is 2.33 bits per heavy atom. The highest BCUT2D eigenvalue weighted by molar-refractivity contribution is 5.44. The molecule has 1 aliphatic heterocycles. The topological polar surface area (TPSA) is 64.4 Å². The van der Waals surface area contributed by atoms with E-state index in [4.69, 9.17) is 4.74 Å². The summed E-state index contributed by atoms with van der Waals surface area (Å²) in [4.78, 5) is 10.3. The third kappa shape index (κ3) is 3.20. The molecule has 0 saturated carbocycles. The molecule has 0 radical (unpaired) electrons. The van der Waals surface area contributed by atoms with Gasteiger partial charge in [0.2, 0.25) is 0 Å². The normalized spacial score (nSPS) is 19.5. The van der Waals surface area contributed by atoms with E-state index in [1.165, 1.54) is 18.9 Å². The highest BCUT2D eigenvalue weighted by atomic mass is 16.6. The number of nitro benzene ring substituents is 1. The van der Waals surface area contributed by atoms with E-state index in [9.17, 15) is 10.1 Å². The van der Waals surface area contributed by atoms with E-state index in [0.717, 1.165) is 13.0 Å². The lowest BCUT2D eigenvalue weighted by atomic mass is 10.1. The molecule has 2 rings (SSSR count). The van der Waals surface area contributed by atoms with Gasteiger partial charge in [0.1, 0.15) is 12.4 Å². The van der Waals surface area contributed by atoms with E-state index in [1.54, 1.807) is 19.1 Å². The van der Waals surface area contributed by atoms with Crippen LogP contribution in [0.1, 0.15) is 24.8 Å². The van der Waals surface area contributed by atoms with Gasteiger partial charge in [-0.05, 0) is 38.4 Å². The van der Waals surface area contributed by atoms with Crippen LogP contribution < -0.4 is 10.1 Å². The average molecular weight is 250 g/mol. The van der Waals surface area contributed by atoms with E-state index >= 15 is 0 Å². The van der Waals surface area contributed by atoms with E-state index in [2.05, 4.69) is 5.32 Å². The summed E-state index contributed by atoms with van der Waals surface area (Å²) >= 11 is 0. The molecule has 0 aliphatic carbocycles. The molecule has 1 atom stereocenters. The van der Waals surface area contributed by atoms with E-state index in [0.29, 0.717) is 24.0 Å². The highest BCUT2D eigenvalue weighted by Gasteiger charge is 2.14. The van der Waals surface area contributed by atoms with Gasteiger partial charge >= 0.3 is 0 Å². The van der Waals surface area contributed by atoms with Gasteiger partial charge in [-0.2, -0.15) is 0 Å². The molecule has 1 aromatic carbocycles. The molecule has 5 nitrogen and oxygen atoms in total. The summed E-state index contributed by atoms with van der Waals surface area (Å²) in [6.45, 7) is 3.40. The maximum atomic E-state index is 10.7. The molecule has 0 spiro atoms. The van der Waals surface area contributed by atoms with Crippen LogP contribution in [0.2, 0.25) is 0 Å². The molecular formula is C13H18N2O3. The summed E-state index contributed by atoms with van der Waals surface area (Å²) in [5.74, 6) is 0.700. The molecule has 1 heterocycles. The summed E-state index contributed by atoms with van der Waals surface area (Å²) in [6.07, 6.45) is 3.60. The first-order valence-corrected chi connectivity index (χ1v) is 6.28. The molecule has 0 bridgehead atoms. The number of benzene rings is 1. The first kappa shape index (κ1) is 12.8. The second kappa shape index (κ2) is 5.82. The number of ether oxygens (including phenoxy) is 1. The quantitative estimate of drug-likeness (QED) is 0.658. The first-order chi connectivity index (χ1) is 8.66. The lowest BCUT2D eigenvalue weighted by Gasteiger charge is -2.23. The van der Waals surface area contributed by atoms with Crippen molar-refractivity contribution in [3.8, 4) is 5.75 Å². The largest absolute Gasteiger partial charge is 0.492 e. The van der Waals surface area contributed by atoms with Gasteiger partial charge in [-0.3, -0.25) is 10.1 Å². The standard InChI is InChI=1S/C13H18N2O3/c1-10-8-12(5-6-13(10)15(16)17)18-9-11-4-2-3-7-14-11/h5-6,8,11,14H,2-4,7,9H2,1H3. The van der Waals surface area contributed by atoms with E-state index in [-0.39, 0.29) is 10.6 Å². The van der Waals surface area contributed by atoms with Crippen LogP contribution in [-0.2, 0) is 0 Å². The van der Waals surface area contributed by atoms with Crippen LogP contribution in [0.15, 0.2) is 18.2 Å². The average Bonchev–Trinajstić information content (AvgIpc) is 2.37. The molecule has 1 unspecified atom stereocenters. The van der Waals surface area contributed by atoms with Gasteiger partial charge in [-0.15, -0.1) is 0 Å². The number of nitro groups is 1. The minimum absolute atomic E-state index is 0.137. The highest BCUT2D eigenvalue weighted by Crippen LogP contribution is 2.23. The van der Waals surface area contributed by atoms with Crippen molar-refractivity contribution < 1.29 is 9.66 Å². The van der Waals surface area contributed by atoms with Gasteiger partial charge < -0.3 is 10.1 Å². The fourth-order valence-electron chi connectivity index (χ4n) is 2.19. The van der Waals surface area contributed by atoms with Crippen molar-refractivity contribution >= 4 is 5.69 Å². The first-order valence-electron chi connectivity index (χ1n) is 6.28. The Kier molecular flexibility index (Phi) is 4.15. The predicted octanol–water partition coefficient (Wildman–Crippen LogP) is 2.42. The molecule has 1 saturated heterocycles. The van der Waals surface area contributed by atoms with Crippen molar-refractivity contribution in [2.45, 2.75) is 32.2 Å². The third-order valence-electron chi connectivity index (χ3n) is 3.23. The van der Waals surface area contributed by atoms with Crippen LogP contribution in [0.25, 0.3) is 0 Å². The zero-order chi connectivity index (χ0) is 13.0. The van der Waals surface area contributed by atoms with Crippen molar-refractivity contribution in [2.24, 2.45) is 0 Å². The van der Waals surface area contributed by atoms with Crippen LogP contribution in [-0.4, -0.2) is 24.1 Å². The number of aryl methyl sites for hydroxylation is 1. The third-order valence-corrected chi connectivity index (χ3v) is 3.23. The van der Waals surface area contributed by atoms with Gasteiger partial charge in [-0.25, -0.2) is 0 Å². The summed E-state index contributed by atoms with van der Waals surface area (Å²) in [5, 5.41) is 14.1. The summed E-state index contributed by atoms with van der Waals surface area (Å²) in [6, 6.07) is 5.28. The fraction of sp³-hybridized carbons (Fsp3) is 0.538. The van der Waals surface area contributed by atoms with Crippen LogP contribution in [0.5, 0.6) is 5.75 Å². The van der Waals surface area contributed by atoms with E-state index in [1.807, 2.05) is 0 Å². The Bertz CT molecular complexity index is 428.